The Kier molecular flexibility index (Phi) is 9.67. The molecular formula is C17H29N3O4. The molecular weight excluding hydrogens is 310 g/mol. The molecule has 2 bridgehead atoms. The van der Waals surface area contributed by atoms with Crippen molar-refractivity contribution in [2.45, 2.75) is 20.0 Å². The molecule has 0 atom stereocenters. The van der Waals surface area contributed by atoms with Gasteiger partial charge in [-0.3, -0.25) is 4.98 Å². The van der Waals surface area contributed by atoms with Crippen LogP contribution in [0.1, 0.15) is 18.3 Å². The van der Waals surface area contributed by atoms with Crippen LogP contribution in [0.25, 0.3) is 0 Å². The highest BCUT2D eigenvalue weighted by Gasteiger charge is 2.04. The van der Waals surface area contributed by atoms with Crippen molar-refractivity contribution in [1.29, 1.82) is 0 Å². The molecule has 0 fully saturated rings. The molecule has 136 valence electrons. The Morgan fingerprint density at radius 2 is 1.38 bits per heavy atom. The van der Waals surface area contributed by atoms with Crippen molar-refractivity contribution in [2.75, 3.05) is 59.3 Å². The van der Waals surface area contributed by atoms with Crippen molar-refractivity contribution in [3.63, 3.8) is 0 Å². The summed E-state index contributed by atoms with van der Waals surface area (Å²) < 4.78 is 22.1. The minimum Gasteiger partial charge on any atom is -0.494 e. The largest absolute Gasteiger partial charge is 0.494 e. The Morgan fingerprint density at radius 3 is 1.88 bits per heavy atom. The summed E-state index contributed by atoms with van der Waals surface area (Å²) in [5, 5.41) is 6.69. The molecule has 1 aromatic heterocycles. The average molecular weight is 339 g/mol. The summed E-state index contributed by atoms with van der Waals surface area (Å²) in [5.74, 6) is 0.861. The van der Waals surface area contributed by atoms with Crippen LogP contribution >= 0.6 is 0 Å². The maximum atomic E-state index is 5.64. The number of aromatic nitrogens is 1. The number of ether oxygens (including phenoxy) is 4. The molecule has 1 aliphatic heterocycles. The molecule has 0 spiro atoms. The van der Waals surface area contributed by atoms with E-state index in [9.17, 15) is 0 Å². The zero-order valence-corrected chi connectivity index (χ0v) is 14.5. The Hall–Kier alpha value is -1.25. The summed E-state index contributed by atoms with van der Waals surface area (Å²) in [5.41, 5.74) is 1.94. The van der Waals surface area contributed by atoms with Gasteiger partial charge in [-0.1, -0.05) is 0 Å². The number of nitrogens with zero attached hydrogens (tertiary/aromatic N) is 1. The second-order valence-corrected chi connectivity index (χ2v) is 5.41. The molecule has 1 aromatic rings. The monoisotopic (exact) mass is 339 g/mol. The van der Waals surface area contributed by atoms with Gasteiger partial charge in [0, 0.05) is 38.3 Å². The van der Waals surface area contributed by atoms with Gasteiger partial charge in [0.25, 0.3) is 0 Å². The highest BCUT2D eigenvalue weighted by atomic mass is 16.5. The van der Waals surface area contributed by atoms with Crippen LogP contribution in [-0.4, -0.2) is 64.3 Å². The SMILES string of the molecule is CCOc1cc2nc(c1)CNCCOCCOCCOCCNC2. The summed E-state index contributed by atoms with van der Waals surface area (Å²) in [6.07, 6.45) is 0. The lowest BCUT2D eigenvalue weighted by Crippen LogP contribution is -2.23. The molecule has 0 saturated carbocycles. The normalized spacial score (nSPS) is 19.2. The van der Waals surface area contributed by atoms with Gasteiger partial charge in [0.05, 0.1) is 57.6 Å². The van der Waals surface area contributed by atoms with Crippen LogP contribution in [0.5, 0.6) is 5.75 Å². The fourth-order valence-corrected chi connectivity index (χ4v) is 2.31. The van der Waals surface area contributed by atoms with Gasteiger partial charge in [0.1, 0.15) is 5.75 Å². The minimum absolute atomic E-state index is 0.600. The summed E-state index contributed by atoms with van der Waals surface area (Å²) >= 11 is 0. The third-order valence-corrected chi connectivity index (χ3v) is 3.42. The van der Waals surface area contributed by atoms with E-state index in [4.69, 9.17) is 18.9 Å². The first-order chi connectivity index (χ1) is 11.9. The maximum Gasteiger partial charge on any atom is 0.123 e. The van der Waals surface area contributed by atoms with E-state index in [1.54, 1.807) is 0 Å². The molecule has 2 rings (SSSR count). The van der Waals surface area contributed by atoms with Crippen molar-refractivity contribution < 1.29 is 18.9 Å². The van der Waals surface area contributed by atoms with E-state index in [-0.39, 0.29) is 0 Å². The van der Waals surface area contributed by atoms with Gasteiger partial charge >= 0.3 is 0 Å². The van der Waals surface area contributed by atoms with Crippen LogP contribution in [0.2, 0.25) is 0 Å². The Balaban J connectivity index is 1.91. The van der Waals surface area contributed by atoms with E-state index < -0.39 is 0 Å². The fourth-order valence-electron chi connectivity index (χ4n) is 2.31. The molecule has 7 heteroatoms. The zero-order chi connectivity index (χ0) is 16.9. The van der Waals surface area contributed by atoms with Crippen LogP contribution in [0.4, 0.5) is 0 Å². The molecule has 1 aliphatic rings. The predicted molar refractivity (Wildman–Crippen MR) is 91.3 cm³/mol. The van der Waals surface area contributed by atoms with Crippen LogP contribution in [0.15, 0.2) is 12.1 Å². The van der Waals surface area contributed by atoms with Crippen molar-refractivity contribution in [1.82, 2.24) is 15.6 Å². The summed E-state index contributed by atoms with van der Waals surface area (Å²) in [6.45, 7) is 9.27. The smallest absolute Gasteiger partial charge is 0.123 e. The summed E-state index contributed by atoms with van der Waals surface area (Å²) in [4.78, 5) is 4.67. The quantitative estimate of drug-likeness (QED) is 0.822. The van der Waals surface area contributed by atoms with Gasteiger partial charge in [0.15, 0.2) is 0 Å². The van der Waals surface area contributed by atoms with Gasteiger partial charge < -0.3 is 29.6 Å². The molecule has 0 unspecified atom stereocenters. The number of hydrogen-bond donors (Lipinski definition) is 2. The third kappa shape index (κ3) is 8.03. The van der Waals surface area contributed by atoms with Gasteiger partial charge in [-0.15, -0.1) is 0 Å². The number of rotatable bonds is 2. The van der Waals surface area contributed by atoms with Crippen molar-refractivity contribution >= 4 is 0 Å². The molecule has 0 radical (unpaired) electrons. The number of nitrogens with one attached hydrogen (secondary N) is 2. The maximum absolute atomic E-state index is 5.64. The van der Waals surface area contributed by atoms with E-state index >= 15 is 0 Å². The lowest BCUT2D eigenvalue weighted by molar-refractivity contribution is 0.0156. The molecule has 7 nitrogen and oxygen atoms in total. The van der Waals surface area contributed by atoms with Crippen molar-refractivity contribution in [3.8, 4) is 5.75 Å². The number of fused-ring (bicyclic) bond motifs is 2. The van der Waals surface area contributed by atoms with Gasteiger partial charge in [-0.05, 0) is 6.92 Å². The van der Waals surface area contributed by atoms with Crippen LogP contribution < -0.4 is 15.4 Å². The molecule has 0 amide bonds. The third-order valence-electron chi connectivity index (χ3n) is 3.42. The van der Waals surface area contributed by atoms with Crippen LogP contribution in [-0.2, 0) is 27.3 Å². The van der Waals surface area contributed by atoms with Crippen molar-refractivity contribution in [2.24, 2.45) is 0 Å². The molecule has 0 saturated heterocycles. The highest BCUT2D eigenvalue weighted by molar-refractivity contribution is 5.27. The second kappa shape index (κ2) is 12.2. The Morgan fingerprint density at radius 1 is 0.875 bits per heavy atom. The topological polar surface area (TPSA) is 73.9 Å². The molecule has 2 N–H and O–H groups in total. The summed E-state index contributed by atoms with van der Waals surface area (Å²) in [7, 11) is 0. The zero-order valence-electron chi connectivity index (χ0n) is 14.5. The standard InChI is InChI=1S/C17H29N3O4/c1-2-24-17-11-15-13-18-3-5-21-7-9-23-10-8-22-6-4-19-14-16(12-17)20-15/h11-12,18-19H,2-10,13-14H2,1H3. The van der Waals surface area contributed by atoms with E-state index in [1.165, 1.54) is 0 Å². The second-order valence-electron chi connectivity index (χ2n) is 5.41. The number of pyridine rings is 1. The highest BCUT2D eigenvalue weighted by Crippen LogP contribution is 2.14. The first kappa shape index (κ1) is 19.1. The van der Waals surface area contributed by atoms with E-state index in [1.807, 2.05) is 19.1 Å². The first-order valence-electron chi connectivity index (χ1n) is 8.66. The fraction of sp³-hybridized carbons (Fsp3) is 0.706. The number of hydrogen-bond acceptors (Lipinski definition) is 7. The van der Waals surface area contributed by atoms with Gasteiger partial charge in [-0.25, -0.2) is 0 Å². The van der Waals surface area contributed by atoms with E-state index in [0.717, 1.165) is 30.2 Å². The van der Waals surface area contributed by atoms with E-state index in [2.05, 4.69) is 15.6 Å². The lowest BCUT2D eigenvalue weighted by atomic mass is 10.2. The van der Waals surface area contributed by atoms with Crippen LogP contribution in [0, 0.1) is 0 Å². The average Bonchev–Trinajstić information content (AvgIpc) is 2.58. The summed E-state index contributed by atoms with van der Waals surface area (Å²) in [6, 6.07) is 3.96. The van der Waals surface area contributed by atoms with Crippen molar-refractivity contribution in [3.05, 3.63) is 23.5 Å². The van der Waals surface area contributed by atoms with E-state index in [0.29, 0.717) is 59.3 Å². The van der Waals surface area contributed by atoms with Gasteiger partial charge in [-0.2, -0.15) is 0 Å². The lowest BCUT2D eigenvalue weighted by Gasteiger charge is -2.12. The molecule has 2 heterocycles. The molecule has 0 aliphatic carbocycles. The van der Waals surface area contributed by atoms with Crippen LogP contribution in [0.3, 0.4) is 0 Å². The first-order valence-corrected chi connectivity index (χ1v) is 8.66. The minimum atomic E-state index is 0.600. The Labute approximate surface area is 144 Å². The molecule has 24 heavy (non-hydrogen) atoms. The Bertz CT molecular complexity index is 425. The predicted octanol–water partition coefficient (Wildman–Crippen LogP) is 0.723. The molecule has 0 aromatic carbocycles. The van der Waals surface area contributed by atoms with Gasteiger partial charge in [0.2, 0.25) is 0 Å².